The fourth-order valence-electron chi connectivity index (χ4n) is 2.28. The number of carbonyl (C=O) groups is 1. The molecule has 2 aromatic rings. The number of benzene rings is 1. The lowest BCUT2D eigenvalue weighted by Crippen LogP contribution is -2.38. The lowest BCUT2D eigenvalue weighted by Gasteiger charge is -2.27. The smallest absolute Gasteiger partial charge is 0.260 e. The first-order valence-electron chi connectivity index (χ1n) is 6.54. The molecule has 0 fully saturated rings. The molecule has 1 amide bonds. The molecule has 0 saturated heterocycles. The molecule has 21 heavy (non-hydrogen) atoms. The van der Waals surface area contributed by atoms with Crippen LogP contribution in [-0.4, -0.2) is 24.0 Å². The summed E-state index contributed by atoms with van der Waals surface area (Å²) in [5.41, 5.74) is 1.16. The minimum Gasteiger partial charge on any atom is -0.481 e. The fraction of sp³-hybridized carbons (Fsp3) is 0.267. The molecule has 2 heterocycles. The maximum absolute atomic E-state index is 13.4. The van der Waals surface area contributed by atoms with Crippen LogP contribution in [0.25, 0.3) is 0 Å². The number of hydrogen-bond donors (Lipinski definition) is 0. The monoisotopic (exact) mass is 309 g/mol. The second-order valence-electron chi connectivity index (χ2n) is 4.80. The van der Waals surface area contributed by atoms with Crippen LogP contribution in [0.2, 0.25) is 0 Å². The molecule has 3 rings (SSSR count). The van der Waals surface area contributed by atoms with Gasteiger partial charge in [-0.3, -0.25) is 4.79 Å². The largest absolute Gasteiger partial charge is 0.481 e. The Labute approximate surface area is 124 Å². The molecule has 1 aliphatic rings. The average Bonchev–Trinajstić information content (AvgIpc) is 2.93. The molecule has 1 aliphatic heterocycles. The van der Waals surface area contributed by atoms with Crippen LogP contribution in [-0.2, 0) is 17.8 Å². The molecule has 0 saturated carbocycles. The van der Waals surface area contributed by atoms with Crippen LogP contribution in [0.4, 0.5) is 8.78 Å². The van der Waals surface area contributed by atoms with Crippen LogP contribution in [0.5, 0.6) is 5.75 Å². The predicted octanol–water partition coefficient (Wildman–Crippen LogP) is 2.99. The zero-order valence-electron chi connectivity index (χ0n) is 11.1. The Morgan fingerprint density at radius 1 is 1.33 bits per heavy atom. The molecule has 0 N–H and O–H groups in total. The third kappa shape index (κ3) is 3.05. The third-order valence-electron chi connectivity index (χ3n) is 3.41. The van der Waals surface area contributed by atoms with E-state index in [0.29, 0.717) is 13.1 Å². The highest BCUT2D eigenvalue weighted by molar-refractivity contribution is 7.10. The Balaban J connectivity index is 1.60. The number of carbonyl (C=O) groups excluding carboxylic acids is 1. The van der Waals surface area contributed by atoms with E-state index in [2.05, 4.69) is 0 Å². The van der Waals surface area contributed by atoms with Gasteiger partial charge in [0, 0.05) is 24.0 Å². The zero-order valence-corrected chi connectivity index (χ0v) is 12.0. The number of thiophene rings is 1. The van der Waals surface area contributed by atoms with Gasteiger partial charge in [-0.1, -0.05) is 0 Å². The molecule has 0 radical (unpaired) electrons. The van der Waals surface area contributed by atoms with Crippen molar-refractivity contribution >= 4 is 17.2 Å². The van der Waals surface area contributed by atoms with Crippen molar-refractivity contribution in [2.45, 2.75) is 13.0 Å². The quantitative estimate of drug-likeness (QED) is 0.872. The maximum atomic E-state index is 13.4. The van der Waals surface area contributed by atoms with Crippen LogP contribution in [0, 0.1) is 11.6 Å². The van der Waals surface area contributed by atoms with Crippen LogP contribution < -0.4 is 4.74 Å². The molecule has 3 nitrogen and oxygen atoms in total. The summed E-state index contributed by atoms with van der Waals surface area (Å²) in [6, 6.07) is 5.03. The number of nitrogens with zero attached hydrogens (tertiary/aromatic N) is 1. The number of hydrogen-bond acceptors (Lipinski definition) is 3. The molecular weight excluding hydrogens is 296 g/mol. The van der Waals surface area contributed by atoms with Crippen LogP contribution >= 0.6 is 11.3 Å². The molecule has 0 aliphatic carbocycles. The van der Waals surface area contributed by atoms with E-state index in [0.717, 1.165) is 24.1 Å². The van der Waals surface area contributed by atoms with Gasteiger partial charge in [-0.05, 0) is 35.6 Å². The van der Waals surface area contributed by atoms with Gasteiger partial charge in [-0.25, -0.2) is 8.78 Å². The first-order chi connectivity index (χ1) is 10.1. The van der Waals surface area contributed by atoms with Gasteiger partial charge in [-0.15, -0.1) is 11.3 Å². The molecule has 1 aromatic heterocycles. The summed E-state index contributed by atoms with van der Waals surface area (Å²) < 4.78 is 31.3. The van der Waals surface area contributed by atoms with E-state index >= 15 is 0 Å². The van der Waals surface area contributed by atoms with Crippen molar-refractivity contribution in [3.8, 4) is 5.75 Å². The topological polar surface area (TPSA) is 29.5 Å². The van der Waals surface area contributed by atoms with Gasteiger partial charge in [0.1, 0.15) is 5.82 Å². The number of fused-ring (bicyclic) bond motifs is 1. The van der Waals surface area contributed by atoms with Crippen molar-refractivity contribution in [3.05, 3.63) is 51.7 Å². The second kappa shape index (κ2) is 5.81. The van der Waals surface area contributed by atoms with Crippen LogP contribution in [0.3, 0.4) is 0 Å². The zero-order chi connectivity index (χ0) is 14.8. The highest BCUT2D eigenvalue weighted by Crippen LogP contribution is 2.24. The number of ether oxygens (including phenoxy) is 1. The molecule has 6 heteroatoms. The molecule has 1 aromatic carbocycles. The Morgan fingerprint density at radius 2 is 2.19 bits per heavy atom. The summed E-state index contributed by atoms with van der Waals surface area (Å²) in [7, 11) is 0. The molecular formula is C15H13F2NO2S. The molecule has 0 unspecified atom stereocenters. The van der Waals surface area contributed by atoms with Gasteiger partial charge < -0.3 is 9.64 Å². The number of halogens is 2. The van der Waals surface area contributed by atoms with Crippen LogP contribution in [0.15, 0.2) is 29.6 Å². The Bertz CT molecular complexity index is 671. The first-order valence-corrected chi connectivity index (χ1v) is 7.42. The lowest BCUT2D eigenvalue weighted by molar-refractivity contribution is -0.134. The SMILES string of the molecule is O=C(COc1ccc(F)cc1F)N1CCc2sccc2C1. The van der Waals surface area contributed by atoms with E-state index in [-0.39, 0.29) is 18.3 Å². The average molecular weight is 309 g/mol. The van der Waals surface area contributed by atoms with E-state index in [4.69, 9.17) is 4.74 Å². The van der Waals surface area contributed by atoms with Crippen molar-refractivity contribution in [2.24, 2.45) is 0 Å². The van der Waals surface area contributed by atoms with Gasteiger partial charge >= 0.3 is 0 Å². The molecule has 110 valence electrons. The van der Waals surface area contributed by atoms with Crippen molar-refractivity contribution in [2.75, 3.05) is 13.2 Å². The fourth-order valence-corrected chi connectivity index (χ4v) is 3.17. The minimum atomic E-state index is -0.804. The number of rotatable bonds is 3. The molecule has 0 bridgehead atoms. The summed E-state index contributed by atoms with van der Waals surface area (Å²) >= 11 is 1.70. The maximum Gasteiger partial charge on any atom is 0.260 e. The third-order valence-corrected chi connectivity index (χ3v) is 4.43. The standard InChI is InChI=1S/C15H13F2NO2S/c16-11-1-2-13(12(17)7-11)20-9-15(19)18-5-3-14-10(8-18)4-6-21-14/h1-2,4,6-7H,3,5,8-9H2. The van der Waals surface area contributed by atoms with E-state index in [1.807, 2.05) is 11.4 Å². The summed E-state index contributed by atoms with van der Waals surface area (Å²) in [6.07, 6.45) is 0.837. The summed E-state index contributed by atoms with van der Waals surface area (Å²) in [4.78, 5) is 15.1. The highest BCUT2D eigenvalue weighted by Gasteiger charge is 2.22. The molecule has 0 spiro atoms. The Kier molecular flexibility index (Phi) is 3.88. The lowest BCUT2D eigenvalue weighted by atomic mass is 10.1. The van der Waals surface area contributed by atoms with E-state index < -0.39 is 11.6 Å². The normalized spacial score (nSPS) is 13.9. The van der Waals surface area contributed by atoms with Crippen molar-refractivity contribution in [1.29, 1.82) is 0 Å². The van der Waals surface area contributed by atoms with Crippen molar-refractivity contribution in [3.63, 3.8) is 0 Å². The Morgan fingerprint density at radius 3 is 3.00 bits per heavy atom. The van der Waals surface area contributed by atoms with Gasteiger partial charge in [0.15, 0.2) is 18.2 Å². The summed E-state index contributed by atoms with van der Waals surface area (Å²) in [6.45, 7) is 0.955. The van der Waals surface area contributed by atoms with E-state index in [1.165, 1.54) is 10.9 Å². The van der Waals surface area contributed by atoms with E-state index in [1.54, 1.807) is 16.2 Å². The minimum absolute atomic E-state index is 0.113. The first kappa shape index (κ1) is 14.0. The van der Waals surface area contributed by atoms with Crippen molar-refractivity contribution < 1.29 is 18.3 Å². The summed E-state index contributed by atoms with van der Waals surface area (Å²) in [5, 5.41) is 2.02. The van der Waals surface area contributed by atoms with Crippen LogP contribution in [0.1, 0.15) is 10.4 Å². The predicted molar refractivity (Wildman–Crippen MR) is 75.3 cm³/mol. The van der Waals surface area contributed by atoms with Crippen molar-refractivity contribution in [1.82, 2.24) is 4.90 Å². The van der Waals surface area contributed by atoms with Gasteiger partial charge in [0.05, 0.1) is 0 Å². The Hall–Kier alpha value is -1.95. The number of amides is 1. The van der Waals surface area contributed by atoms with Gasteiger partial charge in [0.25, 0.3) is 5.91 Å². The molecule has 0 atom stereocenters. The van der Waals surface area contributed by atoms with Gasteiger partial charge in [-0.2, -0.15) is 0 Å². The second-order valence-corrected chi connectivity index (χ2v) is 5.80. The van der Waals surface area contributed by atoms with E-state index in [9.17, 15) is 13.6 Å². The summed E-state index contributed by atoms with van der Waals surface area (Å²) in [5.74, 6) is -1.79. The highest BCUT2D eigenvalue weighted by atomic mass is 32.1. The van der Waals surface area contributed by atoms with Gasteiger partial charge in [0.2, 0.25) is 0 Å².